The summed E-state index contributed by atoms with van der Waals surface area (Å²) < 4.78 is 11.2. The minimum Gasteiger partial charge on any atom is -0.465 e. The van der Waals surface area contributed by atoms with E-state index in [1.54, 1.807) is 6.92 Å². The Labute approximate surface area is 184 Å². The van der Waals surface area contributed by atoms with Crippen molar-refractivity contribution in [3.63, 3.8) is 0 Å². The number of hydrogen-bond acceptors (Lipinski definition) is 6. The summed E-state index contributed by atoms with van der Waals surface area (Å²) in [4.78, 5) is 25.8. The molecule has 158 valence electrons. The molecule has 0 aliphatic carbocycles. The molecule has 1 unspecified atom stereocenters. The molecule has 31 heavy (non-hydrogen) atoms. The van der Waals surface area contributed by atoms with Gasteiger partial charge in [0.1, 0.15) is 16.2 Å². The van der Waals surface area contributed by atoms with Crippen molar-refractivity contribution in [2.24, 2.45) is 0 Å². The number of aryl methyl sites for hydroxylation is 1. The zero-order valence-electron chi connectivity index (χ0n) is 17.8. The van der Waals surface area contributed by atoms with Gasteiger partial charge in [-0.25, -0.2) is 4.79 Å². The van der Waals surface area contributed by atoms with Crippen molar-refractivity contribution in [3.8, 4) is 11.3 Å². The molecule has 0 fully saturated rings. The van der Waals surface area contributed by atoms with E-state index in [1.807, 2.05) is 67.8 Å². The van der Waals surface area contributed by atoms with Crippen LogP contribution in [0.1, 0.15) is 39.3 Å². The number of anilines is 1. The van der Waals surface area contributed by atoms with Crippen molar-refractivity contribution in [1.29, 1.82) is 0 Å². The number of carbonyl (C=O) groups excluding carboxylic acids is 1. The second-order valence-corrected chi connectivity index (χ2v) is 8.42. The smallest absolute Gasteiger partial charge is 0.350 e. The van der Waals surface area contributed by atoms with Crippen LogP contribution >= 0.6 is 11.3 Å². The van der Waals surface area contributed by atoms with Crippen LogP contribution in [-0.4, -0.2) is 13.1 Å². The van der Waals surface area contributed by atoms with Gasteiger partial charge in [-0.3, -0.25) is 4.79 Å². The van der Waals surface area contributed by atoms with Crippen LogP contribution in [0.3, 0.4) is 0 Å². The van der Waals surface area contributed by atoms with Crippen LogP contribution < -0.4 is 10.7 Å². The van der Waals surface area contributed by atoms with Crippen molar-refractivity contribution < 1.29 is 13.9 Å². The highest BCUT2D eigenvalue weighted by molar-refractivity contribution is 7.12. The summed E-state index contributed by atoms with van der Waals surface area (Å²) in [5.41, 5.74) is 4.47. The van der Waals surface area contributed by atoms with E-state index in [4.69, 9.17) is 9.15 Å². The van der Waals surface area contributed by atoms with Gasteiger partial charge in [0.05, 0.1) is 24.2 Å². The van der Waals surface area contributed by atoms with Gasteiger partial charge < -0.3 is 14.5 Å². The van der Waals surface area contributed by atoms with E-state index in [2.05, 4.69) is 5.32 Å². The van der Waals surface area contributed by atoms with Gasteiger partial charge >= 0.3 is 5.97 Å². The van der Waals surface area contributed by atoms with E-state index in [0.29, 0.717) is 32.9 Å². The molecule has 0 aliphatic rings. The lowest BCUT2D eigenvalue weighted by molar-refractivity contribution is 0.0607. The topological polar surface area (TPSA) is 68.5 Å². The van der Waals surface area contributed by atoms with Crippen LogP contribution in [0.5, 0.6) is 0 Å². The second kappa shape index (κ2) is 8.40. The maximum atomic E-state index is 13.2. The molecule has 2 aromatic heterocycles. The number of esters is 1. The van der Waals surface area contributed by atoms with Crippen LogP contribution in [0.15, 0.2) is 63.1 Å². The average Bonchev–Trinajstić information content (AvgIpc) is 3.24. The SMILES string of the molecule is COC(=O)c1sccc1NC(C)c1cc(C)cc2c(=O)c(C)c(-c3ccccc3)oc12. The number of benzene rings is 2. The van der Waals surface area contributed by atoms with Crippen LogP contribution in [-0.2, 0) is 4.74 Å². The number of hydrogen-bond donors (Lipinski definition) is 1. The Kier molecular flexibility index (Phi) is 5.65. The first-order valence-corrected chi connectivity index (χ1v) is 10.8. The first-order valence-electron chi connectivity index (χ1n) is 9.96. The summed E-state index contributed by atoms with van der Waals surface area (Å²) in [6.45, 7) is 5.74. The van der Waals surface area contributed by atoms with Gasteiger partial charge in [0.15, 0.2) is 5.43 Å². The molecule has 6 heteroatoms. The molecule has 0 aliphatic heterocycles. The van der Waals surface area contributed by atoms with Gasteiger partial charge in [0.2, 0.25) is 0 Å². The van der Waals surface area contributed by atoms with E-state index >= 15 is 0 Å². The van der Waals surface area contributed by atoms with Crippen LogP contribution in [0.2, 0.25) is 0 Å². The van der Waals surface area contributed by atoms with E-state index in [0.717, 1.165) is 16.7 Å². The van der Waals surface area contributed by atoms with Gasteiger partial charge in [-0.15, -0.1) is 11.3 Å². The van der Waals surface area contributed by atoms with E-state index in [9.17, 15) is 9.59 Å². The third-order valence-corrected chi connectivity index (χ3v) is 6.20. The molecular formula is C25H23NO4S. The van der Waals surface area contributed by atoms with E-state index < -0.39 is 0 Å². The molecule has 1 atom stereocenters. The molecule has 0 amide bonds. The molecular weight excluding hydrogens is 410 g/mol. The van der Waals surface area contributed by atoms with E-state index in [1.165, 1.54) is 18.4 Å². The molecule has 0 radical (unpaired) electrons. The first kappa shape index (κ1) is 20.9. The fourth-order valence-corrected chi connectivity index (χ4v) is 4.51. The zero-order chi connectivity index (χ0) is 22.1. The fraction of sp³-hybridized carbons (Fsp3) is 0.200. The third-order valence-electron chi connectivity index (χ3n) is 5.30. The van der Waals surface area contributed by atoms with Gasteiger partial charge in [-0.2, -0.15) is 0 Å². The normalized spacial score (nSPS) is 12.0. The summed E-state index contributed by atoms with van der Waals surface area (Å²) in [5, 5.41) is 5.78. The molecule has 4 aromatic rings. The summed E-state index contributed by atoms with van der Waals surface area (Å²) in [6.07, 6.45) is 0. The minimum atomic E-state index is -0.382. The van der Waals surface area contributed by atoms with E-state index in [-0.39, 0.29) is 17.4 Å². The molecule has 0 bridgehead atoms. The largest absolute Gasteiger partial charge is 0.465 e. The molecule has 4 rings (SSSR count). The highest BCUT2D eigenvalue weighted by Gasteiger charge is 2.21. The Morgan fingerprint density at radius 1 is 1.13 bits per heavy atom. The van der Waals surface area contributed by atoms with Gasteiger partial charge in [0, 0.05) is 16.7 Å². The van der Waals surface area contributed by atoms with Crippen molar-refractivity contribution in [3.05, 3.63) is 85.7 Å². The zero-order valence-corrected chi connectivity index (χ0v) is 18.6. The number of nitrogens with one attached hydrogen (secondary N) is 1. The number of fused-ring (bicyclic) bond motifs is 1. The average molecular weight is 434 g/mol. The Balaban J connectivity index is 1.86. The lowest BCUT2D eigenvalue weighted by Gasteiger charge is -2.19. The maximum Gasteiger partial charge on any atom is 0.350 e. The molecule has 0 saturated heterocycles. The number of methoxy groups -OCH3 is 1. The van der Waals surface area contributed by atoms with Gasteiger partial charge in [-0.05, 0) is 43.8 Å². The lowest BCUT2D eigenvalue weighted by Crippen LogP contribution is -2.13. The van der Waals surface area contributed by atoms with Crippen molar-refractivity contribution >= 4 is 34.0 Å². The lowest BCUT2D eigenvalue weighted by atomic mass is 9.99. The summed E-state index contributed by atoms with van der Waals surface area (Å²) in [7, 11) is 1.37. The van der Waals surface area contributed by atoms with Crippen LogP contribution in [0.4, 0.5) is 5.69 Å². The van der Waals surface area contributed by atoms with Crippen molar-refractivity contribution in [2.75, 3.05) is 12.4 Å². The summed E-state index contributed by atoms with van der Waals surface area (Å²) >= 11 is 1.32. The summed E-state index contributed by atoms with van der Waals surface area (Å²) in [6, 6.07) is 15.1. The molecule has 5 nitrogen and oxygen atoms in total. The summed E-state index contributed by atoms with van der Waals surface area (Å²) in [5.74, 6) is 0.188. The number of rotatable bonds is 5. The number of ether oxygens (including phenoxy) is 1. The maximum absolute atomic E-state index is 13.2. The molecule has 1 N–H and O–H groups in total. The van der Waals surface area contributed by atoms with Crippen molar-refractivity contribution in [1.82, 2.24) is 0 Å². The molecule has 0 spiro atoms. The monoisotopic (exact) mass is 433 g/mol. The van der Waals surface area contributed by atoms with Crippen LogP contribution in [0, 0.1) is 13.8 Å². The fourth-order valence-electron chi connectivity index (χ4n) is 3.74. The first-order chi connectivity index (χ1) is 14.9. The predicted octanol–water partition coefficient (Wildman–Crippen LogP) is 6.10. The quantitative estimate of drug-likeness (QED) is 0.385. The standard InChI is InChI=1S/C25H23NO4S/c1-14-12-18(16(3)26-20-10-11-31-24(20)25(28)29-4)23-19(13-14)21(27)15(2)22(30-23)17-8-6-5-7-9-17/h5-13,16,26H,1-4H3. The number of thiophene rings is 1. The third kappa shape index (κ3) is 3.86. The Hall–Kier alpha value is -3.38. The predicted molar refractivity (Wildman–Crippen MR) is 125 cm³/mol. The Morgan fingerprint density at radius 2 is 1.87 bits per heavy atom. The Bertz CT molecular complexity index is 1320. The van der Waals surface area contributed by atoms with Crippen molar-refractivity contribution in [2.45, 2.75) is 26.8 Å². The second-order valence-electron chi connectivity index (χ2n) is 7.50. The molecule has 2 heterocycles. The van der Waals surface area contributed by atoms with Gasteiger partial charge in [0.25, 0.3) is 0 Å². The molecule has 2 aromatic carbocycles. The highest BCUT2D eigenvalue weighted by Crippen LogP contribution is 2.33. The highest BCUT2D eigenvalue weighted by atomic mass is 32.1. The van der Waals surface area contributed by atoms with Gasteiger partial charge in [-0.1, -0.05) is 36.4 Å². The van der Waals surface area contributed by atoms with Crippen LogP contribution in [0.25, 0.3) is 22.3 Å². The minimum absolute atomic E-state index is 0.0389. The molecule has 0 saturated carbocycles. The number of carbonyl (C=O) groups is 1. The Morgan fingerprint density at radius 3 is 2.58 bits per heavy atom.